The summed E-state index contributed by atoms with van der Waals surface area (Å²) in [6.07, 6.45) is 6.24. The van der Waals surface area contributed by atoms with Crippen LogP contribution in [0.5, 0.6) is 5.88 Å². The Morgan fingerprint density at radius 1 is 1.21 bits per heavy atom. The SMILES string of the molecule is CCOc1ncccc1C(=O)N1CCC(O)(c2ccccc2)[C@H]2CCCC[C@H]21. The molecule has 1 N–H and O–H groups in total. The smallest absolute Gasteiger partial charge is 0.259 e. The first kappa shape index (κ1) is 18.9. The van der Waals surface area contributed by atoms with E-state index >= 15 is 0 Å². The molecule has 4 rings (SSSR count). The lowest BCUT2D eigenvalue weighted by Crippen LogP contribution is -2.59. The third-order valence-corrected chi connectivity index (χ3v) is 6.29. The highest BCUT2D eigenvalue weighted by atomic mass is 16.5. The number of carbonyl (C=O) groups is 1. The predicted octanol–water partition coefficient (Wildman–Crippen LogP) is 3.77. The maximum Gasteiger partial charge on any atom is 0.259 e. The molecule has 1 aliphatic carbocycles. The average Bonchev–Trinajstić information content (AvgIpc) is 2.75. The number of carbonyl (C=O) groups excluding carboxylic acids is 1. The van der Waals surface area contributed by atoms with Crippen molar-refractivity contribution < 1.29 is 14.6 Å². The van der Waals surface area contributed by atoms with E-state index in [1.807, 2.05) is 42.2 Å². The second-order valence-electron chi connectivity index (χ2n) is 7.79. The number of aliphatic hydroxyl groups is 1. The summed E-state index contributed by atoms with van der Waals surface area (Å²) in [6.45, 7) is 2.89. The monoisotopic (exact) mass is 380 g/mol. The number of hydrogen-bond donors (Lipinski definition) is 1. The Labute approximate surface area is 166 Å². The van der Waals surface area contributed by atoms with Crippen LogP contribution in [-0.4, -0.2) is 40.1 Å². The van der Waals surface area contributed by atoms with E-state index < -0.39 is 5.60 Å². The van der Waals surface area contributed by atoms with Crippen molar-refractivity contribution in [1.29, 1.82) is 0 Å². The van der Waals surface area contributed by atoms with Gasteiger partial charge in [-0.05, 0) is 43.9 Å². The molecule has 0 radical (unpaired) electrons. The molecule has 5 nitrogen and oxygen atoms in total. The van der Waals surface area contributed by atoms with Crippen LogP contribution in [0.15, 0.2) is 48.7 Å². The Morgan fingerprint density at radius 2 is 2.00 bits per heavy atom. The summed E-state index contributed by atoms with van der Waals surface area (Å²) in [5, 5.41) is 11.7. The average molecular weight is 380 g/mol. The van der Waals surface area contributed by atoms with E-state index in [1.165, 1.54) is 0 Å². The number of amides is 1. The van der Waals surface area contributed by atoms with Gasteiger partial charge in [-0.15, -0.1) is 0 Å². The van der Waals surface area contributed by atoms with Gasteiger partial charge in [0.1, 0.15) is 5.56 Å². The predicted molar refractivity (Wildman–Crippen MR) is 107 cm³/mol. The zero-order valence-corrected chi connectivity index (χ0v) is 16.4. The minimum absolute atomic E-state index is 0.0369. The summed E-state index contributed by atoms with van der Waals surface area (Å²) in [5.74, 6) is 0.406. The van der Waals surface area contributed by atoms with E-state index in [1.54, 1.807) is 18.3 Å². The summed E-state index contributed by atoms with van der Waals surface area (Å²) >= 11 is 0. The molecular formula is C23H28N2O3. The van der Waals surface area contributed by atoms with Gasteiger partial charge in [0.25, 0.3) is 5.91 Å². The Hall–Kier alpha value is -2.40. The van der Waals surface area contributed by atoms with Crippen molar-refractivity contribution in [3.8, 4) is 5.88 Å². The zero-order chi connectivity index (χ0) is 19.6. The Bertz CT molecular complexity index is 826. The van der Waals surface area contributed by atoms with Gasteiger partial charge in [-0.2, -0.15) is 0 Å². The minimum Gasteiger partial charge on any atom is -0.477 e. The van der Waals surface area contributed by atoms with Gasteiger partial charge in [-0.25, -0.2) is 4.98 Å². The fourth-order valence-electron chi connectivity index (χ4n) is 4.98. The van der Waals surface area contributed by atoms with E-state index in [0.29, 0.717) is 31.0 Å². The number of fused-ring (bicyclic) bond motifs is 1. The number of aromatic nitrogens is 1. The number of nitrogens with zero attached hydrogens (tertiary/aromatic N) is 2. The molecule has 1 aromatic heterocycles. The molecule has 1 aromatic carbocycles. The van der Waals surface area contributed by atoms with Gasteiger partial charge in [0.2, 0.25) is 5.88 Å². The topological polar surface area (TPSA) is 62.7 Å². The van der Waals surface area contributed by atoms with E-state index in [9.17, 15) is 9.90 Å². The number of likely N-dealkylation sites (tertiary alicyclic amines) is 1. The van der Waals surface area contributed by atoms with Crippen LogP contribution >= 0.6 is 0 Å². The lowest BCUT2D eigenvalue weighted by atomic mass is 9.66. The number of ether oxygens (including phenoxy) is 1. The van der Waals surface area contributed by atoms with Gasteiger partial charge in [0, 0.05) is 24.7 Å². The van der Waals surface area contributed by atoms with Crippen molar-refractivity contribution in [1.82, 2.24) is 9.88 Å². The van der Waals surface area contributed by atoms with Crippen molar-refractivity contribution in [3.05, 3.63) is 59.8 Å². The summed E-state index contributed by atoms with van der Waals surface area (Å²) in [4.78, 5) is 19.6. The first-order valence-corrected chi connectivity index (χ1v) is 10.3. The molecule has 148 valence electrons. The molecule has 0 bridgehead atoms. The van der Waals surface area contributed by atoms with Crippen LogP contribution in [0.25, 0.3) is 0 Å². The Balaban J connectivity index is 1.65. The molecule has 1 unspecified atom stereocenters. The van der Waals surface area contributed by atoms with Crippen LogP contribution in [0, 0.1) is 5.92 Å². The number of piperidine rings is 1. The summed E-state index contributed by atoms with van der Waals surface area (Å²) in [5.41, 5.74) is 0.607. The lowest BCUT2D eigenvalue weighted by molar-refractivity contribution is -0.110. The van der Waals surface area contributed by atoms with Crippen molar-refractivity contribution in [2.45, 2.75) is 50.7 Å². The van der Waals surface area contributed by atoms with Gasteiger partial charge in [-0.3, -0.25) is 4.79 Å². The molecule has 1 saturated heterocycles. The summed E-state index contributed by atoms with van der Waals surface area (Å²) in [6, 6.07) is 13.6. The van der Waals surface area contributed by atoms with E-state index in [4.69, 9.17) is 4.74 Å². The molecule has 2 aromatic rings. The largest absolute Gasteiger partial charge is 0.477 e. The molecule has 5 heteroatoms. The molecule has 1 aliphatic heterocycles. The number of rotatable bonds is 4. The van der Waals surface area contributed by atoms with Gasteiger partial charge in [0.05, 0.1) is 12.2 Å². The van der Waals surface area contributed by atoms with Crippen LogP contribution in [-0.2, 0) is 5.60 Å². The highest BCUT2D eigenvalue weighted by molar-refractivity contribution is 5.96. The molecular weight excluding hydrogens is 352 g/mol. The van der Waals surface area contributed by atoms with Crippen molar-refractivity contribution in [2.75, 3.05) is 13.2 Å². The first-order chi connectivity index (χ1) is 13.6. The van der Waals surface area contributed by atoms with Crippen molar-refractivity contribution in [3.63, 3.8) is 0 Å². The van der Waals surface area contributed by atoms with Crippen LogP contribution in [0.2, 0.25) is 0 Å². The molecule has 0 spiro atoms. The van der Waals surface area contributed by atoms with Gasteiger partial charge < -0.3 is 14.7 Å². The molecule has 2 aliphatic rings. The Kier molecular flexibility index (Phi) is 5.36. The quantitative estimate of drug-likeness (QED) is 0.877. The zero-order valence-electron chi connectivity index (χ0n) is 16.4. The van der Waals surface area contributed by atoms with E-state index in [0.717, 1.165) is 31.2 Å². The number of benzene rings is 1. The summed E-state index contributed by atoms with van der Waals surface area (Å²) < 4.78 is 5.59. The maximum atomic E-state index is 13.4. The van der Waals surface area contributed by atoms with E-state index in [-0.39, 0.29) is 17.9 Å². The van der Waals surface area contributed by atoms with Crippen LogP contribution in [0.3, 0.4) is 0 Å². The molecule has 1 saturated carbocycles. The van der Waals surface area contributed by atoms with Gasteiger partial charge >= 0.3 is 0 Å². The molecule has 28 heavy (non-hydrogen) atoms. The second kappa shape index (κ2) is 7.92. The van der Waals surface area contributed by atoms with E-state index in [2.05, 4.69) is 4.98 Å². The molecule has 2 heterocycles. The third kappa shape index (κ3) is 3.28. The molecule has 2 fully saturated rings. The molecule has 3 atom stereocenters. The van der Waals surface area contributed by atoms with Crippen LogP contribution in [0.1, 0.15) is 54.9 Å². The maximum absolute atomic E-state index is 13.4. The number of hydrogen-bond acceptors (Lipinski definition) is 4. The highest BCUT2D eigenvalue weighted by Gasteiger charge is 2.50. The fourth-order valence-corrected chi connectivity index (χ4v) is 4.98. The van der Waals surface area contributed by atoms with Gasteiger partial charge in [-0.1, -0.05) is 43.2 Å². The molecule has 1 amide bonds. The highest BCUT2D eigenvalue weighted by Crippen LogP contribution is 2.47. The normalized spacial score (nSPS) is 27.1. The number of pyridine rings is 1. The van der Waals surface area contributed by atoms with Crippen LogP contribution in [0.4, 0.5) is 0 Å². The third-order valence-electron chi connectivity index (χ3n) is 6.29. The van der Waals surface area contributed by atoms with Crippen LogP contribution < -0.4 is 4.74 Å². The standard InChI is InChI=1S/C23H28N2O3/c1-2-28-21-18(11-8-15-24-21)22(26)25-16-14-23(27,17-9-4-3-5-10-17)19-12-6-7-13-20(19)25/h3-5,8-11,15,19-20,27H,2,6-7,12-14,16H2,1H3/t19-,20+,23?/m0/s1. The fraction of sp³-hybridized carbons (Fsp3) is 0.478. The van der Waals surface area contributed by atoms with Gasteiger partial charge in [0.15, 0.2) is 0 Å². The Morgan fingerprint density at radius 3 is 2.79 bits per heavy atom. The minimum atomic E-state index is -0.874. The second-order valence-corrected chi connectivity index (χ2v) is 7.79. The van der Waals surface area contributed by atoms with Crippen molar-refractivity contribution >= 4 is 5.91 Å². The lowest BCUT2D eigenvalue weighted by Gasteiger charge is -2.52. The first-order valence-electron chi connectivity index (χ1n) is 10.3. The van der Waals surface area contributed by atoms with Crippen molar-refractivity contribution in [2.24, 2.45) is 5.92 Å². The summed E-state index contributed by atoms with van der Waals surface area (Å²) in [7, 11) is 0.